The van der Waals surface area contributed by atoms with E-state index in [4.69, 9.17) is 11.5 Å². The number of aromatic amines is 1. The van der Waals surface area contributed by atoms with Gasteiger partial charge in [-0.3, -0.25) is 5.10 Å². The lowest BCUT2D eigenvalue weighted by Gasteiger charge is -1.99. The minimum absolute atomic E-state index is 0.121. The summed E-state index contributed by atoms with van der Waals surface area (Å²) in [6.07, 6.45) is 0.468. The van der Waals surface area contributed by atoms with Gasteiger partial charge in [-0.15, -0.1) is 0 Å². The van der Waals surface area contributed by atoms with Gasteiger partial charge in [0, 0.05) is 17.7 Å². The number of nitrogens with two attached hydrogens (primary N) is 2. The summed E-state index contributed by atoms with van der Waals surface area (Å²) in [4.78, 5) is 11.8. The number of rotatable bonds is 3. The lowest BCUT2D eigenvalue weighted by Crippen LogP contribution is -2.07. The van der Waals surface area contributed by atoms with Crippen molar-refractivity contribution >= 4 is 11.9 Å². The molecule has 0 fully saturated rings. The van der Waals surface area contributed by atoms with Gasteiger partial charge in [-0.1, -0.05) is 29.8 Å². The molecule has 3 aromatic rings. The van der Waals surface area contributed by atoms with Crippen LogP contribution in [-0.2, 0) is 6.42 Å². The fourth-order valence-corrected chi connectivity index (χ4v) is 2.03. The van der Waals surface area contributed by atoms with Gasteiger partial charge < -0.3 is 11.5 Å². The largest absolute Gasteiger partial charge is 0.368 e. The highest BCUT2D eigenvalue weighted by atomic mass is 15.2. The first-order chi connectivity index (χ1) is 10.1. The molecule has 7 heteroatoms. The van der Waals surface area contributed by atoms with Crippen molar-refractivity contribution < 1.29 is 0 Å². The molecule has 0 bridgehead atoms. The highest BCUT2D eigenvalue weighted by molar-refractivity contribution is 5.59. The number of benzene rings is 1. The van der Waals surface area contributed by atoms with Crippen LogP contribution in [0.3, 0.4) is 0 Å². The van der Waals surface area contributed by atoms with Gasteiger partial charge in [-0.2, -0.15) is 20.1 Å². The molecule has 0 aliphatic heterocycles. The first-order valence-electron chi connectivity index (χ1n) is 6.47. The van der Waals surface area contributed by atoms with Gasteiger partial charge in [0.15, 0.2) is 0 Å². The normalized spacial score (nSPS) is 10.7. The predicted molar refractivity (Wildman–Crippen MR) is 80.2 cm³/mol. The molecule has 1 aromatic carbocycles. The molecule has 0 radical (unpaired) electrons. The predicted octanol–water partition coefficient (Wildman–Crippen LogP) is 1.33. The van der Waals surface area contributed by atoms with Gasteiger partial charge in [0.25, 0.3) is 0 Å². The van der Waals surface area contributed by atoms with E-state index in [1.165, 1.54) is 5.56 Å². The third-order valence-corrected chi connectivity index (χ3v) is 3.04. The Labute approximate surface area is 121 Å². The molecular formula is C14H15N7. The van der Waals surface area contributed by atoms with Crippen LogP contribution >= 0.6 is 0 Å². The van der Waals surface area contributed by atoms with Crippen LogP contribution in [0.5, 0.6) is 0 Å². The van der Waals surface area contributed by atoms with Crippen LogP contribution in [0.25, 0.3) is 11.3 Å². The van der Waals surface area contributed by atoms with Gasteiger partial charge in [-0.05, 0) is 13.0 Å². The fraction of sp³-hybridized carbons (Fsp3) is 0.143. The van der Waals surface area contributed by atoms with Gasteiger partial charge in [0.05, 0.1) is 5.69 Å². The smallest absolute Gasteiger partial charge is 0.225 e. The topological polar surface area (TPSA) is 119 Å². The summed E-state index contributed by atoms with van der Waals surface area (Å²) in [6, 6.07) is 10.1. The maximum atomic E-state index is 5.56. The molecule has 2 aromatic heterocycles. The molecule has 0 spiro atoms. The Morgan fingerprint density at radius 2 is 1.67 bits per heavy atom. The molecule has 3 rings (SSSR count). The van der Waals surface area contributed by atoms with Crippen molar-refractivity contribution in [1.82, 2.24) is 25.1 Å². The molecular weight excluding hydrogens is 266 g/mol. The Balaban J connectivity index is 1.83. The first-order valence-corrected chi connectivity index (χ1v) is 6.47. The molecule has 0 aliphatic rings. The van der Waals surface area contributed by atoms with Crippen LogP contribution in [0.4, 0.5) is 11.9 Å². The van der Waals surface area contributed by atoms with E-state index in [0.717, 1.165) is 17.0 Å². The Morgan fingerprint density at radius 3 is 2.33 bits per heavy atom. The quantitative estimate of drug-likeness (QED) is 0.666. The second-order valence-corrected chi connectivity index (χ2v) is 4.79. The van der Waals surface area contributed by atoms with E-state index in [0.29, 0.717) is 12.2 Å². The zero-order valence-corrected chi connectivity index (χ0v) is 11.5. The van der Waals surface area contributed by atoms with E-state index < -0.39 is 0 Å². The third-order valence-electron chi connectivity index (χ3n) is 3.04. The maximum absolute atomic E-state index is 5.56. The zero-order valence-electron chi connectivity index (χ0n) is 11.5. The molecule has 0 atom stereocenters. The molecule has 0 aliphatic carbocycles. The number of hydrogen-bond donors (Lipinski definition) is 3. The van der Waals surface area contributed by atoms with Gasteiger partial charge >= 0.3 is 0 Å². The molecule has 0 amide bonds. The summed E-state index contributed by atoms with van der Waals surface area (Å²) in [5.74, 6) is 0.755. The van der Waals surface area contributed by atoms with Crippen molar-refractivity contribution in [3.8, 4) is 11.3 Å². The molecule has 106 valence electrons. The Morgan fingerprint density at radius 1 is 1.00 bits per heavy atom. The number of aromatic nitrogens is 5. The van der Waals surface area contributed by atoms with Crippen molar-refractivity contribution in [1.29, 1.82) is 0 Å². The second kappa shape index (κ2) is 5.20. The van der Waals surface area contributed by atoms with E-state index in [9.17, 15) is 0 Å². The number of nitrogens with zero attached hydrogens (tertiary/aromatic N) is 4. The Bertz CT molecular complexity index is 741. The van der Waals surface area contributed by atoms with Crippen LogP contribution in [-0.4, -0.2) is 25.1 Å². The molecule has 5 N–H and O–H groups in total. The van der Waals surface area contributed by atoms with E-state index in [1.807, 2.05) is 18.2 Å². The summed E-state index contributed by atoms with van der Waals surface area (Å²) < 4.78 is 0. The number of nitrogen functional groups attached to an aromatic ring is 2. The lowest BCUT2D eigenvalue weighted by atomic mass is 10.1. The minimum Gasteiger partial charge on any atom is -0.368 e. The number of hydrogen-bond acceptors (Lipinski definition) is 6. The number of nitrogens with one attached hydrogen (secondary N) is 1. The summed E-state index contributed by atoms with van der Waals surface area (Å²) in [5.41, 5.74) is 15.1. The summed E-state index contributed by atoms with van der Waals surface area (Å²) in [7, 11) is 0. The molecule has 2 heterocycles. The van der Waals surface area contributed by atoms with Gasteiger partial charge in [0.2, 0.25) is 11.9 Å². The summed E-state index contributed by atoms with van der Waals surface area (Å²) in [5, 5.41) is 7.27. The second-order valence-electron chi connectivity index (χ2n) is 4.79. The SMILES string of the molecule is Cc1ccc(-c2cc(Cc3nc(N)nc(N)n3)[nH]n2)cc1. The standard InChI is InChI=1S/C14H15N7/c1-8-2-4-9(5-3-8)11-6-10(20-21-11)7-12-17-13(15)19-14(16)18-12/h2-6H,7H2,1H3,(H,20,21)(H4,15,16,17,18,19). The van der Waals surface area contributed by atoms with E-state index in [1.54, 1.807) is 0 Å². The highest BCUT2D eigenvalue weighted by Gasteiger charge is 2.08. The average molecular weight is 281 g/mol. The van der Waals surface area contributed by atoms with Crippen LogP contribution in [0.15, 0.2) is 30.3 Å². The van der Waals surface area contributed by atoms with Crippen LogP contribution in [0, 0.1) is 6.92 Å². The Kier molecular flexibility index (Phi) is 3.23. The summed E-state index contributed by atoms with van der Waals surface area (Å²) in [6.45, 7) is 2.05. The van der Waals surface area contributed by atoms with Gasteiger partial charge in [-0.25, -0.2) is 0 Å². The lowest BCUT2D eigenvalue weighted by molar-refractivity contribution is 0.901. The van der Waals surface area contributed by atoms with Crippen molar-refractivity contribution in [3.05, 3.63) is 47.4 Å². The molecule has 0 saturated heterocycles. The molecule has 7 nitrogen and oxygen atoms in total. The van der Waals surface area contributed by atoms with Gasteiger partial charge in [0.1, 0.15) is 5.82 Å². The summed E-state index contributed by atoms with van der Waals surface area (Å²) >= 11 is 0. The van der Waals surface area contributed by atoms with Crippen LogP contribution in [0.2, 0.25) is 0 Å². The van der Waals surface area contributed by atoms with Crippen LogP contribution in [0.1, 0.15) is 17.1 Å². The van der Waals surface area contributed by atoms with Crippen molar-refractivity contribution in [2.45, 2.75) is 13.3 Å². The molecule has 21 heavy (non-hydrogen) atoms. The van der Waals surface area contributed by atoms with Crippen LogP contribution < -0.4 is 11.5 Å². The highest BCUT2D eigenvalue weighted by Crippen LogP contribution is 2.19. The monoisotopic (exact) mass is 281 g/mol. The molecule has 0 saturated carbocycles. The van der Waals surface area contributed by atoms with Crippen molar-refractivity contribution in [2.75, 3.05) is 11.5 Å². The van der Waals surface area contributed by atoms with E-state index >= 15 is 0 Å². The number of anilines is 2. The van der Waals surface area contributed by atoms with Crippen molar-refractivity contribution in [3.63, 3.8) is 0 Å². The average Bonchev–Trinajstić information content (AvgIpc) is 2.87. The van der Waals surface area contributed by atoms with E-state index in [2.05, 4.69) is 44.2 Å². The first kappa shape index (κ1) is 13.0. The van der Waals surface area contributed by atoms with Crippen molar-refractivity contribution in [2.24, 2.45) is 0 Å². The molecule has 0 unspecified atom stereocenters. The van der Waals surface area contributed by atoms with E-state index in [-0.39, 0.29) is 11.9 Å². The maximum Gasteiger partial charge on any atom is 0.225 e. The fourth-order valence-electron chi connectivity index (χ4n) is 2.03. The number of aryl methyl sites for hydroxylation is 1. The zero-order chi connectivity index (χ0) is 14.8. The number of H-pyrrole nitrogens is 1. The minimum atomic E-state index is 0.121. The Hall–Kier alpha value is -2.96. The third kappa shape index (κ3) is 2.97.